The van der Waals surface area contributed by atoms with Crippen molar-refractivity contribution in [1.29, 1.82) is 0 Å². The molecule has 2 rings (SSSR count). The molecule has 0 radical (unpaired) electrons. The van der Waals surface area contributed by atoms with Crippen molar-refractivity contribution in [2.45, 2.75) is 19.4 Å². The Morgan fingerprint density at radius 2 is 2.22 bits per heavy atom. The monoisotopic (exact) mass is 249 g/mol. The van der Waals surface area contributed by atoms with Gasteiger partial charge in [0.15, 0.2) is 11.4 Å². The standard InChI is InChI=1S/C10H11N5O3/c1-10(2,9(17)18)15-8(12-13-14-15)6-3-4-11-7(16)5-6/h3-5H,1-2H3,(H,11,16)(H,17,18). The Morgan fingerprint density at radius 3 is 2.83 bits per heavy atom. The molecule has 2 aromatic rings. The highest BCUT2D eigenvalue weighted by atomic mass is 16.4. The van der Waals surface area contributed by atoms with Crippen LogP contribution in [-0.4, -0.2) is 36.3 Å². The van der Waals surface area contributed by atoms with Crippen molar-refractivity contribution in [3.63, 3.8) is 0 Å². The maximum atomic E-state index is 11.2. The summed E-state index contributed by atoms with van der Waals surface area (Å²) in [7, 11) is 0. The Hall–Kier alpha value is -2.51. The number of aromatic nitrogens is 5. The fourth-order valence-corrected chi connectivity index (χ4v) is 1.42. The minimum Gasteiger partial charge on any atom is -0.479 e. The molecular formula is C10H11N5O3. The topological polar surface area (TPSA) is 114 Å². The number of hydrogen-bond donors (Lipinski definition) is 2. The lowest BCUT2D eigenvalue weighted by molar-refractivity contribution is -0.146. The van der Waals surface area contributed by atoms with Crippen molar-refractivity contribution < 1.29 is 9.90 Å². The molecule has 0 unspecified atom stereocenters. The lowest BCUT2D eigenvalue weighted by Gasteiger charge is -2.20. The summed E-state index contributed by atoms with van der Waals surface area (Å²) in [5.74, 6) is -0.839. The molecule has 0 fully saturated rings. The van der Waals surface area contributed by atoms with Gasteiger partial charge in [-0.3, -0.25) is 4.79 Å². The number of nitrogens with one attached hydrogen (secondary N) is 1. The predicted octanol–water partition coefficient (Wildman–Crippen LogP) is -0.152. The van der Waals surface area contributed by atoms with Crippen LogP contribution in [0.1, 0.15) is 13.8 Å². The van der Waals surface area contributed by atoms with Crippen molar-refractivity contribution >= 4 is 5.97 Å². The molecule has 0 bridgehead atoms. The van der Waals surface area contributed by atoms with Gasteiger partial charge in [-0.05, 0) is 30.3 Å². The molecule has 0 spiro atoms. The predicted molar refractivity (Wildman–Crippen MR) is 60.8 cm³/mol. The zero-order chi connectivity index (χ0) is 13.3. The second-order valence-electron chi connectivity index (χ2n) is 4.22. The maximum Gasteiger partial charge on any atom is 0.331 e. The molecule has 0 saturated carbocycles. The Bertz CT molecular complexity index is 643. The molecule has 0 aliphatic heterocycles. The van der Waals surface area contributed by atoms with E-state index in [1.807, 2.05) is 0 Å². The van der Waals surface area contributed by atoms with Crippen molar-refractivity contribution in [3.05, 3.63) is 28.7 Å². The molecule has 8 nitrogen and oxygen atoms in total. The molecule has 0 aliphatic rings. The zero-order valence-electron chi connectivity index (χ0n) is 9.78. The van der Waals surface area contributed by atoms with Crippen LogP contribution in [0.5, 0.6) is 0 Å². The van der Waals surface area contributed by atoms with Crippen molar-refractivity contribution in [2.24, 2.45) is 0 Å². The average molecular weight is 249 g/mol. The Balaban J connectivity index is 2.59. The molecule has 0 atom stereocenters. The van der Waals surface area contributed by atoms with Crippen LogP contribution in [0.3, 0.4) is 0 Å². The summed E-state index contributed by atoms with van der Waals surface area (Å²) < 4.78 is 1.17. The SMILES string of the molecule is CC(C)(C(=O)O)n1nnnc1-c1cc[nH]c(=O)c1. The van der Waals surface area contributed by atoms with E-state index in [0.29, 0.717) is 5.56 Å². The van der Waals surface area contributed by atoms with E-state index in [0.717, 1.165) is 0 Å². The van der Waals surface area contributed by atoms with E-state index in [1.54, 1.807) is 6.07 Å². The fourth-order valence-electron chi connectivity index (χ4n) is 1.42. The lowest BCUT2D eigenvalue weighted by atomic mass is 10.1. The van der Waals surface area contributed by atoms with Crippen molar-refractivity contribution in [3.8, 4) is 11.4 Å². The molecule has 18 heavy (non-hydrogen) atoms. The molecule has 94 valence electrons. The number of tetrazole rings is 1. The van der Waals surface area contributed by atoms with Crippen LogP contribution in [0.4, 0.5) is 0 Å². The van der Waals surface area contributed by atoms with E-state index in [4.69, 9.17) is 5.11 Å². The Morgan fingerprint density at radius 1 is 1.50 bits per heavy atom. The van der Waals surface area contributed by atoms with Crippen molar-refractivity contribution in [2.75, 3.05) is 0 Å². The van der Waals surface area contributed by atoms with Gasteiger partial charge in [-0.1, -0.05) is 0 Å². The summed E-state index contributed by atoms with van der Waals surface area (Å²) in [5.41, 5.74) is -1.16. The average Bonchev–Trinajstić information content (AvgIpc) is 2.78. The van der Waals surface area contributed by atoms with Gasteiger partial charge in [-0.25, -0.2) is 9.48 Å². The first-order valence-electron chi connectivity index (χ1n) is 5.14. The van der Waals surface area contributed by atoms with E-state index >= 15 is 0 Å². The van der Waals surface area contributed by atoms with Crippen LogP contribution < -0.4 is 5.56 Å². The molecular weight excluding hydrogens is 238 g/mol. The largest absolute Gasteiger partial charge is 0.479 e. The van der Waals surface area contributed by atoms with E-state index in [2.05, 4.69) is 20.5 Å². The number of nitrogens with zero attached hydrogens (tertiary/aromatic N) is 4. The van der Waals surface area contributed by atoms with E-state index in [-0.39, 0.29) is 11.4 Å². The number of carbonyl (C=O) groups is 1. The van der Waals surface area contributed by atoms with Gasteiger partial charge < -0.3 is 10.1 Å². The fraction of sp³-hybridized carbons (Fsp3) is 0.300. The van der Waals surface area contributed by atoms with Crippen molar-refractivity contribution in [1.82, 2.24) is 25.2 Å². The number of aliphatic carboxylic acids is 1. The number of hydrogen-bond acceptors (Lipinski definition) is 5. The van der Waals surface area contributed by atoms with Gasteiger partial charge in [0.1, 0.15) is 0 Å². The van der Waals surface area contributed by atoms with Crippen LogP contribution in [0.15, 0.2) is 23.1 Å². The lowest BCUT2D eigenvalue weighted by Crippen LogP contribution is -2.37. The van der Waals surface area contributed by atoms with Crippen LogP contribution >= 0.6 is 0 Å². The highest BCUT2D eigenvalue weighted by Gasteiger charge is 2.33. The number of H-pyrrole nitrogens is 1. The number of aromatic amines is 1. The van der Waals surface area contributed by atoms with Crippen LogP contribution in [0.25, 0.3) is 11.4 Å². The maximum absolute atomic E-state index is 11.2. The molecule has 0 amide bonds. The number of carboxylic acid groups (broad SMARTS) is 1. The first kappa shape index (κ1) is 12.0. The summed E-state index contributed by atoms with van der Waals surface area (Å²) in [6.07, 6.45) is 1.45. The zero-order valence-corrected chi connectivity index (χ0v) is 9.78. The third-order valence-electron chi connectivity index (χ3n) is 2.56. The molecule has 0 saturated heterocycles. The molecule has 0 aliphatic carbocycles. The summed E-state index contributed by atoms with van der Waals surface area (Å²) >= 11 is 0. The van der Waals surface area contributed by atoms with Gasteiger partial charge in [0, 0.05) is 17.8 Å². The van der Waals surface area contributed by atoms with Gasteiger partial charge in [-0.15, -0.1) is 5.10 Å². The third-order valence-corrected chi connectivity index (χ3v) is 2.56. The number of rotatable bonds is 3. The molecule has 8 heteroatoms. The second-order valence-corrected chi connectivity index (χ2v) is 4.22. The van der Waals surface area contributed by atoms with Crippen LogP contribution in [0, 0.1) is 0 Å². The first-order valence-corrected chi connectivity index (χ1v) is 5.14. The molecule has 2 heterocycles. The third kappa shape index (κ3) is 1.88. The number of carboxylic acids is 1. The van der Waals surface area contributed by atoms with Crippen LogP contribution in [0.2, 0.25) is 0 Å². The van der Waals surface area contributed by atoms with Gasteiger partial charge >= 0.3 is 5.97 Å². The minimum absolute atomic E-state index is 0.230. The van der Waals surface area contributed by atoms with Gasteiger partial charge in [0.05, 0.1) is 0 Å². The first-order chi connectivity index (χ1) is 8.43. The molecule has 0 aromatic carbocycles. The Labute approximate surface area is 101 Å². The highest BCUT2D eigenvalue weighted by molar-refractivity contribution is 5.76. The quantitative estimate of drug-likeness (QED) is 0.781. The van der Waals surface area contributed by atoms with Gasteiger partial charge in [-0.2, -0.15) is 0 Å². The second kappa shape index (κ2) is 4.06. The van der Waals surface area contributed by atoms with Gasteiger partial charge in [0.25, 0.3) is 0 Å². The highest BCUT2D eigenvalue weighted by Crippen LogP contribution is 2.21. The summed E-state index contributed by atoms with van der Waals surface area (Å²) in [6, 6.07) is 2.90. The minimum atomic E-state index is -1.30. The smallest absolute Gasteiger partial charge is 0.331 e. The van der Waals surface area contributed by atoms with Gasteiger partial charge in [0.2, 0.25) is 5.56 Å². The Kier molecular flexibility index (Phi) is 2.70. The summed E-state index contributed by atoms with van der Waals surface area (Å²) in [4.78, 5) is 24.9. The van der Waals surface area contributed by atoms with E-state index < -0.39 is 11.5 Å². The van der Waals surface area contributed by atoms with E-state index in [9.17, 15) is 9.59 Å². The van der Waals surface area contributed by atoms with Crippen LogP contribution in [-0.2, 0) is 10.3 Å². The number of pyridine rings is 1. The van der Waals surface area contributed by atoms with E-state index in [1.165, 1.54) is 30.8 Å². The summed E-state index contributed by atoms with van der Waals surface area (Å²) in [5, 5.41) is 20.1. The normalized spacial score (nSPS) is 11.4. The summed E-state index contributed by atoms with van der Waals surface area (Å²) in [6.45, 7) is 2.95. The molecule has 2 N–H and O–H groups in total. The molecule has 2 aromatic heterocycles.